The van der Waals surface area contributed by atoms with Crippen molar-refractivity contribution in [2.45, 2.75) is 174 Å². The number of rotatable bonds is 39. The van der Waals surface area contributed by atoms with Gasteiger partial charge < -0.3 is 25.5 Å². The van der Waals surface area contributed by atoms with Gasteiger partial charge in [-0.15, -0.1) is 0 Å². The third-order valence-electron chi connectivity index (χ3n) is 9.53. The number of nitrogens with zero attached hydrogens (tertiary/aromatic N) is 2. The van der Waals surface area contributed by atoms with Gasteiger partial charge in [-0.25, -0.2) is 0 Å². The van der Waals surface area contributed by atoms with E-state index in [1.54, 1.807) is 0 Å². The van der Waals surface area contributed by atoms with Gasteiger partial charge >= 0.3 is 0 Å². The van der Waals surface area contributed by atoms with E-state index < -0.39 is 12.2 Å². The molecule has 3 unspecified atom stereocenters. The van der Waals surface area contributed by atoms with Crippen molar-refractivity contribution in [2.24, 2.45) is 0 Å². The summed E-state index contributed by atoms with van der Waals surface area (Å²) in [5, 5.41) is 35.6. The molecular weight excluding hydrogens is 655 g/mol. The van der Waals surface area contributed by atoms with E-state index in [9.17, 15) is 15.3 Å². The van der Waals surface area contributed by atoms with Crippen LogP contribution in [-0.2, 0) is 0 Å². The molecule has 6 heteroatoms. The van der Waals surface area contributed by atoms with E-state index in [2.05, 4.69) is 116 Å². The fourth-order valence-electron chi connectivity index (χ4n) is 6.02. The molecule has 0 radical (unpaired) electrons. The van der Waals surface area contributed by atoms with Gasteiger partial charge in [-0.2, -0.15) is 0 Å². The molecule has 0 heterocycles. The minimum Gasteiger partial charge on any atom is -0.392 e. The highest BCUT2D eigenvalue weighted by Gasteiger charge is 2.16. The number of hydrogen-bond donors (Lipinski definition) is 4. The maximum Gasteiger partial charge on any atom is 0.0670 e. The molecule has 4 N–H and O–H groups in total. The first kappa shape index (κ1) is 51.2. The summed E-state index contributed by atoms with van der Waals surface area (Å²) in [6.45, 7) is 11.8. The second-order valence-electron chi connectivity index (χ2n) is 15.0. The average molecular weight is 742 g/mol. The standard InChI is InChI=1S/C47H87N3O3/c1-5-8-11-14-17-20-23-26-29-32-35-45(51)42-48-38-39-49(4)40-41-50(43-46(52)36-33-30-27-24-21-18-15-12-9-6-2)44-47(53)37-34-31-28-25-22-19-16-13-10-7-3/h17-22,26-31,45-48,51-53H,5-16,23-25,32-44H2,1-4H3/b20-17-,21-18-,22-19-,29-26-,30-27-,31-28-. The molecule has 0 aliphatic heterocycles. The summed E-state index contributed by atoms with van der Waals surface area (Å²) in [6, 6.07) is 0. The molecule has 0 aliphatic rings. The molecule has 53 heavy (non-hydrogen) atoms. The molecule has 0 fully saturated rings. The summed E-state index contributed by atoms with van der Waals surface area (Å²) >= 11 is 0. The zero-order valence-electron chi connectivity index (χ0n) is 35.2. The van der Waals surface area contributed by atoms with Gasteiger partial charge in [0.2, 0.25) is 0 Å². The van der Waals surface area contributed by atoms with Crippen LogP contribution in [0.2, 0.25) is 0 Å². The number of aliphatic hydroxyl groups excluding tert-OH is 3. The van der Waals surface area contributed by atoms with E-state index >= 15 is 0 Å². The molecule has 6 nitrogen and oxygen atoms in total. The number of hydrogen-bond acceptors (Lipinski definition) is 6. The van der Waals surface area contributed by atoms with E-state index in [-0.39, 0.29) is 6.10 Å². The van der Waals surface area contributed by atoms with Gasteiger partial charge in [0.05, 0.1) is 18.3 Å². The number of unbranched alkanes of at least 4 members (excludes halogenated alkanes) is 9. The third kappa shape index (κ3) is 39.7. The Balaban J connectivity index is 4.59. The molecule has 3 atom stereocenters. The summed E-state index contributed by atoms with van der Waals surface area (Å²) in [4.78, 5) is 4.53. The predicted molar refractivity (Wildman–Crippen MR) is 234 cm³/mol. The molecule has 0 aromatic heterocycles. The van der Waals surface area contributed by atoms with Crippen LogP contribution in [0.5, 0.6) is 0 Å². The van der Waals surface area contributed by atoms with Crippen molar-refractivity contribution >= 4 is 0 Å². The van der Waals surface area contributed by atoms with Crippen LogP contribution in [0.1, 0.15) is 156 Å². The molecule has 0 spiro atoms. The summed E-state index contributed by atoms with van der Waals surface area (Å²) in [7, 11) is 2.12. The number of likely N-dealkylation sites (N-methyl/N-ethyl adjacent to an activating group) is 1. The lowest BCUT2D eigenvalue weighted by atomic mass is 10.1. The van der Waals surface area contributed by atoms with Crippen LogP contribution in [-0.4, -0.2) is 96.3 Å². The lowest BCUT2D eigenvalue weighted by molar-refractivity contribution is 0.0590. The van der Waals surface area contributed by atoms with Gasteiger partial charge in [-0.1, -0.05) is 132 Å². The minimum atomic E-state index is -0.421. The first-order chi connectivity index (χ1) is 25.9. The van der Waals surface area contributed by atoms with Crippen molar-refractivity contribution in [3.8, 4) is 0 Å². The summed E-state index contributed by atoms with van der Waals surface area (Å²) < 4.78 is 0. The molecule has 0 rings (SSSR count). The first-order valence-corrected chi connectivity index (χ1v) is 22.0. The van der Waals surface area contributed by atoms with Gasteiger partial charge in [-0.05, 0) is 103 Å². The molecule has 308 valence electrons. The van der Waals surface area contributed by atoms with Gasteiger partial charge in [0.25, 0.3) is 0 Å². The summed E-state index contributed by atoms with van der Waals surface area (Å²) in [5.74, 6) is 0. The normalized spacial score (nSPS) is 14.7. The quantitative estimate of drug-likeness (QED) is 0.0371. The highest BCUT2D eigenvalue weighted by molar-refractivity contribution is 4.95. The van der Waals surface area contributed by atoms with E-state index in [1.165, 1.54) is 77.0 Å². The van der Waals surface area contributed by atoms with Crippen molar-refractivity contribution in [1.29, 1.82) is 0 Å². The maximum atomic E-state index is 10.9. The Bertz CT molecular complexity index is 884. The van der Waals surface area contributed by atoms with Crippen LogP contribution < -0.4 is 5.32 Å². The molecule has 0 aromatic rings. The largest absolute Gasteiger partial charge is 0.392 e. The molecule has 0 aliphatic carbocycles. The molecule has 0 aromatic carbocycles. The molecule has 0 saturated carbocycles. The zero-order chi connectivity index (χ0) is 38.9. The van der Waals surface area contributed by atoms with Crippen LogP contribution in [0.25, 0.3) is 0 Å². The highest BCUT2D eigenvalue weighted by atomic mass is 16.3. The van der Waals surface area contributed by atoms with Crippen molar-refractivity contribution in [1.82, 2.24) is 15.1 Å². The topological polar surface area (TPSA) is 79.2 Å². The molecule has 0 saturated heterocycles. The van der Waals surface area contributed by atoms with Crippen LogP contribution in [0.3, 0.4) is 0 Å². The first-order valence-electron chi connectivity index (χ1n) is 22.0. The fourth-order valence-corrected chi connectivity index (χ4v) is 6.02. The van der Waals surface area contributed by atoms with Crippen molar-refractivity contribution < 1.29 is 15.3 Å². The number of aliphatic hydroxyl groups is 3. The summed E-state index contributed by atoms with van der Waals surface area (Å²) in [6.07, 6.45) is 48.4. The summed E-state index contributed by atoms with van der Waals surface area (Å²) in [5.41, 5.74) is 0. The predicted octanol–water partition coefficient (Wildman–Crippen LogP) is 10.5. The van der Waals surface area contributed by atoms with Gasteiger partial charge in [0.15, 0.2) is 0 Å². The molecule has 0 amide bonds. The van der Waals surface area contributed by atoms with Crippen LogP contribution >= 0.6 is 0 Å². The minimum absolute atomic E-state index is 0.336. The molecule has 0 bridgehead atoms. The van der Waals surface area contributed by atoms with E-state index in [0.29, 0.717) is 19.6 Å². The Morgan fingerprint density at radius 1 is 0.453 bits per heavy atom. The van der Waals surface area contributed by atoms with Gasteiger partial charge in [-0.3, -0.25) is 4.90 Å². The highest BCUT2D eigenvalue weighted by Crippen LogP contribution is 2.08. The maximum absolute atomic E-state index is 10.9. The Kier molecular flexibility index (Phi) is 40.0. The van der Waals surface area contributed by atoms with Crippen molar-refractivity contribution in [3.05, 3.63) is 72.9 Å². The van der Waals surface area contributed by atoms with Gasteiger partial charge in [0.1, 0.15) is 0 Å². The Labute approximate surface area is 329 Å². The average Bonchev–Trinajstić information content (AvgIpc) is 3.14. The van der Waals surface area contributed by atoms with Crippen molar-refractivity contribution in [3.63, 3.8) is 0 Å². The third-order valence-corrected chi connectivity index (χ3v) is 9.53. The second kappa shape index (κ2) is 41.4. The smallest absolute Gasteiger partial charge is 0.0670 e. The van der Waals surface area contributed by atoms with Crippen LogP contribution in [0.15, 0.2) is 72.9 Å². The van der Waals surface area contributed by atoms with E-state index in [1.807, 2.05) is 0 Å². The molecular formula is C47H87N3O3. The Hall–Kier alpha value is -1.80. The lowest BCUT2D eigenvalue weighted by Crippen LogP contribution is -2.43. The number of nitrogens with one attached hydrogen (secondary N) is 1. The Morgan fingerprint density at radius 3 is 1.23 bits per heavy atom. The van der Waals surface area contributed by atoms with Crippen LogP contribution in [0.4, 0.5) is 0 Å². The van der Waals surface area contributed by atoms with Crippen LogP contribution in [0, 0.1) is 0 Å². The van der Waals surface area contributed by atoms with Crippen molar-refractivity contribution in [2.75, 3.05) is 52.9 Å². The monoisotopic (exact) mass is 742 g/mol. The Morgan fingerprint density at radius 2 is 0.830 bits per heavy atom. The fraction of sp³-hybridized carbons (Fsp3) is 0.745. The van der Waals surface area contributed by atoms with Gasteiger partial charge in [0, 0.05) is 45.8 Å². The SMILES string of the molecule is CCCCC/C=C\C/C=C\CCC(O)CNCCN(C)CCN(CC(O)CC/C=C\C/C=C\CCCCC)CC(O)CC/C=C\C/C=C\CCCCC. The van der Waals surface area contributed by atoms with E-state index in [0.717, 1.165) is 84.0 Å². The van der Waals surface area contributed by atoms with E-state index in [4.69, 9.17) is 0 Å². The number of allylic oxidation sites excluding steroid dienone is 12. The zero-order valence-corrected chi connectivity index (χ0v) is 35.2. The second-order valence-corrected chi connectivity index (χ2v) is 15.0. The lowest BCUT2D eigenvalue weighted by Gasteiger charge is -2.29.